The van der Waals surface area contributed by atoms with Crippen LogP contribution in [0.15, 0.2) is 54.6 Å². The molecule has 7 nitrogen and oxygen atoms in total. The molecule has 0 unspecified atom stereocenters. The maximum Gasteiger partial charge on any atom is 0.270 e. The predicted octanol–water partition coefficient (Wildman–Crippen LogP) is 3.41. The highest BCUT2D eigenvalue weighted by molar-refractivity contribution is 5.95. The van der Waals surface area contributed by atoms with Gasteiger partial charge in [-0.15, -0.1) is 0 Å². The molecule has 4 rings (SSSR count). The van der Waals surface area contributed by atoms with E-state index in [1.54, 1.807) is 12.1 Å². The van der Waals surface area contributed by atoms with E-state index in [4.69, 9.17) is 0 Å². The molecular weight excluding hydrogens is 356 g/mol. The van der Waals surface area contributed by atoms with Crippen LogP contribution in [-0.2, 0) is 0 Å². The summed E-state index contributed by atoms with van der Waals surface area (Å²) in [6.07, 6.45) is 0. The lowest BCUT2D eigenvalue weighted by Gasteiger charge is -2.36. The van der Waals surface area contributed by atoms with Gasteiger partial charge in [-0.1, -0.05) is 18.2 Å². The number of rotatable bonds is 3. The molecule has 1 aliphatic heterocycles. The summed E-state index contributed by atoms with van der Waals surface area (Å²) in [5, 5.41) is 11.9. The Bertz CT molecular complexity index is 1040. The second-order valence-electron chi connectivity index (χ2n) is 6.89. The molecule has 2 heterocycles. The Morgan fingerprint density at radius 2 is 1.75 bits per heavy atom. The van der Waals surface area contributed by atoms with Crippen LogP contribution in [0.5, 0.6) is 0 Å². The first-order chi connectivity index (χ1) is 13.5. The summed E-state index contributed by atoms with van der Waals surface area (Å²) in [7, 11) is 0. The zero-order valence-corrected chi connectivity index (χ0v) is 15.5. The van der Waals surface area contributed by atoms with Crippen LogP contribution in [0.1, 0.15) is 16.1 Å². The van der Waals surface area contributed by atoms with Crippen LogP contribution in [-0.4, -0.2) is 46.9 Å². The van der Waals surface area contributed by atoms with Crippen LogP contribution in [0.4, 0.5) is 11.4 Å². The smallest absolute Gasteiger partial charge is 0.270 e. The summed E-state index contributed by atoms with van der Waals surface area (Å²) in [6.45, 7) is 4.45. The fraction of sp³-hybridized carbons (Fsp3) is 0.238. The third-order valence-electron chi connectivity index (χ3n) is 5.04. The Morgan fingerprint density at radius 3 is 2.43 bits per heavy atom. The van der Waals surface area contributed by atoms with E-state index in [-0.39, 0.29) is 16.5 Å². The number of anilines is 1. The number of pyridine rings is 1. The monoisotopic (exact) mass is 376 g/mol. The van der Waals surface area contributed by atoms with E-state index in [0.717, 1.165) is 22.3 Å². The van der Waals surface area contributed by atoms with E-state index in [9.17, 15) is 14.9 Å². The molecule has 0 radical (unpaired) electrons. The van der Waals surface area contributed by atoms with Gasteiger partial charge in [0.05, 0.1) is 10.4 Å². The van der Waals surface area contributed by atoms with E-state index in [1.165, 1.54) is 6.07 Å². The largest absolute Gasteiger partial charge is 0.367 e. The lowest BCUT2D eigenvalue weighted by molar-refractivity contribution is -0.384. The maximum atomic E-state index is 12.7. The average molecular weight is 376 g/mol. The number of carbonyl (C=O) groups excluding carboxylic acids is 1. The highest BCUT2D eigenvalue weighted by Crippen LogP contribution is 2.30. The molecule has 1 amide bonds. The number of hydrogen-bond acceptors (Lipinski definition) is 5. The standard InChI is InChI=1S/C21H20N4O3/c1-15-13-20(18-14-17(25(27)28)7-8-19(18)22-15)23-9-11-24(12-10-23)21(26)16-5-3-2-4-6-16/h2-8,13-14H,9-12H2,1H3. The van der Waals surface area contributed by atoms with Crippen molar-refractivity contribution < 1.29 is 9.72 Å². The van der Waals surface area contributed by atoms with Crippen LogP contribution in [0.3, 0.4) is 0 Å². The van der Waals surface area contributed by atoms with Crippen molar-refractivity contribution in [3.05, 3.63) is 76.0 Å². The predicted molar refractivity (Wildman–Crippen MR) is 108 cm³/mol. The van der Waals surface area contributed by atoms with E-state index in [0.29, 0.717) is 31.7 Å². The number of nitro groups is 1. The summed E-state index contributed by atoms with van der Waals surface area (Å²) in [4.78, 5) is 32.0. The molecule has 0 atom stereocenters. The molecule has 1 aromatic heterocycles. The SMILES string of the molecule is Cc1cc(N2CCN(C(=O)c3ccccc3)CC2)c2cc([N+](=O)[O-])ccc2n1. The second-order valence-corrected chi connectivity index (χ2v) is 6.89. The molecule has 0 N–H and O–H groups in total. The Labute approximate surface area is 162 Å². The van der Waals surface area contributed by atoms with Crippen molar-refractivity contribution in [3.63, 3.8) is 0 Å². The Morgan fingerprint density at radius 1 is 1.04 bits per heavy atom. The minimum atomic E-state index is -0.389. The summed E-state index contributed by atoms with van der Waals surface area (Å²) >= 11 is 0. The van der Waals surface area contributed by atoms with Crippen LogP contribution in [0.2, 0.25) is 0 Å². The number of hydrogen-bond donors (Lipinski definition) is 0. The molecule has 0 bridgehead atoms. The first-order valence-corrected chi connectivity index (χ1v) is 9.18. The molecule has 0 saturated carbocycles. The molecule has 28 heavy (non-hydrogen) atoms. The van der Waals surface area contributed by atoms with Crippen molar-refractivity contribution in [1.82, 2.24) is 9.88 Å². The Hall–Kier alpha value is -3.48. The van der Waals surface area contributed by atoms with Crippen LogP contribution < -0.4 is 4.90 Å². The molecule has 1 aliphatic rings. The minimum absolute atomic E-state index is 0.0339. The number of nitro benzene ring substituents is 1. The number of benzene rings is 2. The molecule has 3 aromatic rings. The van der Waals surface area contributed by atoms with Gasteiger partial charge in [-0.05, 0) is 31.2 Å². The highest BCUT2D eigenvalue weighted by Gasteiger charge is 2.24. The van der Waals surface area contributed by atoms with Gasteiger partial charge in [0, 0.05) is 60.6 Å². The van der Waals surface area contributed by atoms with Crippen molar-refractivity contribution in [2.45, 2.75) is 6.92 Å². The van der Waals surface area contributed by atoms with Gasteiger partial charge in [0.2, 0.25) is 0 Å². The molecule has 2 aromatic carbocycles. The van der Waals surface area contributed by atoms with E-state index >= 15 is 0 Å². The van der Waals surface area contributed by atoms with Crippen LogP contribution >= 0.6 is 0 Å². The second kappa shape index (κ2) is 7.26. The van der Waals surface area contributed by atoms with Gasteiger partial charge in [-0.3, -0.25) is 19.9 Å². The zero-order valence-electron chi connectivity index (χ0n) is 15.5. The normalized spacial score (nSPS) is 14.3. The van der Waals surface area contributed by atoms with E-state index in [1.807, 2.05) is 48.2 Å². The Balaban J connectivity index is 1.59. The number of amides is 1. The van der Waals surface area contributed by atoms with Gasteiger partial charge in [0.1, 0.15) is 0 Å². The molecule has 0 spiro atoms. The molecular formula is C21H20N4O3. The van der Waals surface area contributed by atoms with Crippen molar-refractivity contribution in [2.75, 3.05) is 31.1 Å². The first kappa shape index (κ1) is 17.9. The number of aromatic nitrogens is 1. The fourth-order valence-electron chi connectivity index (χ4n) is 3.61. The minimum Gasteiger partial charge on any atom is -0.367 e. The molecule has 0 aliphatic carbocycles. The number of aryl methyl sites for hydroxylation is 1. The van der Waals surface area contributed by atoms with Crippen molar-refractivity contribution in [1.29, 1.82) is 0 Å². The molecule has 7 heteroatoms. The third-order valence-corrected chi connectivity index (χ3v) is 5.04. The van der Waals surface area contributed by atoms with Crippen molar-refractivity contribution >= 4 is 28.2 Å². The first-order valence-electron chi connectivity index (χ1n) is 9.18. The summed E-state index contributed by atoms with van der Waals surface area (Å²) in [5.41, 5.74) is 3.27. The maximum absolute atomic E-state index is 12.7. The molecule has 1 saturated heterocycles. The number of fused-ring (bicyclic) bond motifs is 1. The number of piperazine rings is 1. The zero-order chi connectivity index (χ0) is 19.7. The summed E-state index contributed by atoms with van der Waals surface area (Å²) in [6, 6.07) is 16.0. The lowest BCUT2D eigenvalue weighted by Crippen LogP contribution is -2.48. The van der Waals surface area contributed by atoms with Crippen molar-refractivity contribution in [3.8, 4) is 0 Å². The quantitative estimate of drug-likeness (QED) is 0.517. The molecule has 142 valence electrons. The van der Waals surface area contributed by atoms with Crippen LogP contribution in [0, 0.1) is 17.0 Å². The Kier molecular flexibility index (Phi) is 4.65. The van der Waals surface area contributed by atoms with Gasteiger partial charge in [0.15, 0.2) is 0 Å². The summed E-state index contributed by atoms with van der Waals surface area (Å²) in [5.74, 6) is 0.0339. The van der Waals surface area contributed by atoms with Gasteiger partial charge < -0.3 is 9.80 Å². The van der Waals surface area contributed by atoms with Gasteiger partial charge in [-0.2, -0.15) is 0 Å². The van der Waals surface area contributed by atoms with Crippen molar-refractivity contribution in [2.24, 2.45) is 0 Å². The highest BCUT2D eigenvalue weighted by atomic mass is 16.6. The number of nitrogens with zero attached hydrogens (tertiary/aromatic N) is 4. The van der Waals surface area contributed by atoms with E-state index in [2.05, 4.69) is 9.88 Å². The lowest BCUT2D eigenvalue weighted by atomic mass is 10.1. The summed E-state index contributed by atoms with van der Waals surface area (Å²) < 4.78 is 0. The van der Waals surface area contributed by atoms with Gasteiger partial charge >= 0.3 is 0 Å². The van der Waals surface area contributed by atoms with Gasteiger partial charge in [0.25, 0.3) is 11.6 Å². The third kappa shape index (κ3) is 3.38. The molecule has 1 fully saturated rings. The number of carbonyl (C=O) groups is 1. The number of non-ortho nitro benzene ring substituents is 1. The average Bonchev–Trinajstić information content (AvgIpc) is 2.73. The fourth-order valence-corrected chi connectivity index (χ4v) is 3.61. The topological polar surface area (TPSA) is 79.6 Å². The van der Waals surface area contributed by atoms with E-state index < -0.39 is 0 Å². The van der Waals surface area contributed by atoms with Gasteiger partial charge in [-0.25, -0.2) is 0 Å². The van der Waals surface area contributed by atoms with Crippen LogP contribution in [0.25, 0.3) is 10.9 Å².